The normalized spacial score (nSPS) is 13.8. The summed E-state index contributed by atoms with van der Waals surface area (Å²) in [5.41, 5.74) is -1.61. The van der Waals surface area contributed by atoms with Crippen LogP contribution in [0.4, 0.5) is 18.9 Å². The molecular weight excluding hydrogens is 323 g/mol. The Hall–Kier alpha value is -1.48. The number of rotatable bonds is 4. The van der Waals surface area contributed by atoms with Crippen LogP contribution in [0.5, 0.6) is 0 Å². The maximum Gasteiger partial charge on any atom is 0.416 e. The van der Waals surface area contributed by atoms with Gasteiger partial charge in [-0.1, -0.05) is 11.6 Å². The molecule has 0 spiro atoms. The average Bonchev–Trinajstić information content (AvgIpc) is 2.25. The first kappa shape index (κ1) is 16.6. The van der Waals surface area contributed by atoms with Crippen molar-refractivity contribution < 1.29 is 31.5 Å². The molecule has 0 radical (unpaired) electrons. The van der Waals surface area contributed by atoms with Gasteiger partial charge in [0.1, 0.15) is 0 Å². The summed E-state index contributed by atoms with van der Waals surface area (Å²) in [7, 11) is -4.37. The van der Waals surface area contributed by atoms with Crippen LogP contribution in [-0.4, -0.2) is 24.7 Å². The van der Waals surface area contributed by atoms with Crippen molar-refractivity contribution in [3.05, 3.63) is 28.8 Å². The number of anilines is 1. The molecule has 1 rings (SSSR count). The number of halogens is 4. The predicted octanol–water partition coefficient (Wildman–Crippen LogP) is 2.57. The number of carboxylic acid groups (broad SMARTS) is 1. The van der Waals surface area contributed by atoms with Crippen molar-refractivity contribution in [2.75, 3.05) is 4.72 Å². The van der Waals surface area contributed by atoms with Crippen LogP contribution in [0.15, 0.2) is 18.2 Å². The Bertz CT molecular complexity index is 630. The van der Waals surface area contributed by atoms with Gasteiger partial charge in [-0.3, -0.25) is 9.52 Å². The number of nitrogens with one attached hydrogen (secondary N) is 1. The van der Waals surface area contributed by atoms with Gasteiger partial charge in [-0.25, -0.2) is 8.42 Å². The zero-order valence-corrected chi connectivity index (χ0v) is 11.5. The molecule has 0 bridgehead atoms. The lowest BCUT2D eigenvalue weighted by molar-refractivity contribution is -0.138. The Balaban J connectivity index is 3.17. The maximum absolute atomic E-state index is 12.5. The van der Waals surface area contributed by atoms with Gasteiger partial charge in [-0.05, 0) is 25.1 Å². The van der Waals surface area contributed by atoms with Crippen LogP contribution in [0, 0.1) is 0 Å². The number of carbonyl (C=O) groups is 1. The lowest BCUT2D eigenvalue weighted by atomic mass is 10.2. The summed E-state index contributed by atoms with van der Waals surface area (Å²) in [6.07, 6.45) is -4.70. The number of carboxylic acids is 1. The van der Waals surface area contributed by atoms with E-state index in [2.05, 4.69) is 0 Å². The fraction of sp³-hybridized carbons (Fsp3) is 0.300. The van der Waals surface area contributed by atoms with Crippen LogP contribution < -0.4 is 4.72 Å². The molecule has 0 heterocycles. The van der Waals surface area contributed by atoms with Crippen LogP contribution >= 0.6 is 11.6 Å². The molecule has 20 heavy (non-hydrogen) atoms. The Morgan fingerprint density at radius 3 is 2.35 bits per heavy atom. The van der Waals surface area contributed by atoms with Crippen LogP contribution in [0.1, 0.15) is 12.5 Å². The fourth-order valence-corrected chi connectivity index (χ4v) is 2.32. The van der Waals surface area contributed by atoms with Crippen molar-refractivity contribution in [1.82, 2.24) is 0 Å². The van der Waals surface area contributed by atoms with Gasteiger partial charge in [0.2, 0.25) is 10.0 Å². The van der Waals surface area contributed by atoms with E-state index in [9.17, 15) is 26.4 Å². The minimum absolute atomic E-state index is 0.333. The highest BCUT2D eigenvalue weighted by atomic mass is 35.5. The van der Waals surface area contributed by atoms with E-state index in [0.29, 0.717) is 12.1 Å². The van der Waals surface area contributed by atoms with Crippen LogP contribution in [-0.2, 0) is 21.0 Å². The largest absolute Gasteiger partial charge is 0.480 e. The molecule has 0 amide bonds. The van der Waals surface area contributed by atoms with Gasteiger partial charge in [0.15, 0.2) is 5.25 Å². The standard InChI is InChI=1S/C10H9ClF3NO4S/c1-5(9(16)17)20(18,19)15-8-3-6(10(12,13)14)2-7(11)4-8/h2-5,15H,1H3,(H,16,17). The molecule has 2 N–H and O–H groups in total. The summed E-state index contributed by atoms with van der Waals surface area (Å²) >= 11 is 5.48. The highest BCUT2D eigenvalue weighted by Crippen LogP contribution is 2.33. The van der Waals surface area contributed by atoms with Crippen molar-refractivity contribution in [3.8, 4) is 0 Å². The number of benzene rings is 1. The highest BCUT2D eigenvalue weighted by molar-refractivity contribution is 7.94. The molecule has 5 nitrogen and oxygen atoms in total. The summed E-state index contributed by atoms with van der Waals surface area (Å²) in [5.74, 6) is -1.63. The molecular formula is C10H9ClF3NO4S. The van der Waals surface area contributed by atoms with Gasteiger partial charge < -0.3 is 5.11 Å². The summed E-state index contributed by atoms with van der Waals surface area (Å²) in [6.45, 7) is 0.889. The number of alkyl halides is 3. The fourth-order valence-electron chi connectivity index (χ4n) is 1.20. The van der Waals surface area contributed by atoms with Crippen molar-refractivity contribution in [2.24, 2.45) is 0 Å². The molecule has 10 heteroatoms. The molecule has 0 aliphatic heterocycles. The molecule has 112 valence electrons. The second-order valence-electron chi connectivity index (χ2n) is 3.85. The summed E-state index contributed by atoms with van der Waals surface area (Å²) < 4.78 is 62.6. The first-order valence-electron chi connectivity index (χ1n) is 5.05. The first-order chi connectivity index (χ1) is 8.93. The molecule has 1 unspecified atom stereocenters. The van der Waals surface area contributed by atoms with Gasteiger partial charge in [-0.15, -0.1) is 0 Å². The molecule has 0 aliphatic carbocycles. The van der Waals surface area contributed by atoms with E-state index < -0.39 is 38.7 Å². The molecule has 0 aliphatic rings. The van der Waals surface area contributed by atoms with Gasteiger partial charge in [0, 0.05) is 5.02 Å². The van der Waals surface area contributed by atoms with Gasteiger partial charge >= 0.3 is 12.1 Å². The Kier molecular flexibility index (Phi) is 4.55. The van der Waals surface area contributed by atoms with Crippen molar-refractivity contribution in [2.45, 2.75) is 18.3 Å². The third-order valence-electron chi connectivity index (χ3n) is 2.30. The predicted molar refractivity (Wildman–Crippen MR) is 66.1 cm³/mol. The maximum atomic E-state index is 12.5. The zero-order chi connectivity index (χ0) is 15.7. The van der Waals surface area contributed by atoms with Gasteiger partial charge in [-0.2, -0.15) is 13.2 Å². The molecule has 1 aromatic carbocycles. The van der Waals surface area contributed by atoms with E-state index in [4.69, 9.17) is 16.7 Å². The van der Waals surface area contributed by atoms with E-state index in [1.165, 1.54) is 0 Å². The molecule has 1 atom stereocenters. The van der Waals surface area contributed by atoms with Crippen molar-refractivity contribution in [3.63, 3.8) is 0 Å². The summed E-state index contributed by atoms with van der Waals surface area (Å²) in [5, 5.41) is 6.45. The van der Waals surface area contributed by atoms with E-state index in [-0.39, 0.29) is 5.02 Å². The SMILES string of the molecule is CC(C(=O)O)S(=O)(=O)Nc1cc(Cl)cc(C(F)(F)F)c1. The number of aliphatic carboxylic acids is 1. The van der Waals surface area contributed by atoms with E-state index in [0.717, 1.165) is 13.0 Å². The lowest BCUT2D eigenvalue weighted by Gasteiger charge is -2.14. The third-order valence-corrected chi connectivity index (χ3v) is 4.17. The second-order valence-corrected chi connectivity index (χ2v) is 6.29. The summed E-state index contributed by atoms with van der Waals surface area (Å²) in [4.78, 5) is 10.6. The first-order valence-corrected chi connectivity index (χ1v) is 6.98. The molecule has 0 saturated carbocycles. The van der Waals surface area contributed by atoms with E-state index in [1.54, 1.807) is 4.72 Å². The molecule has 0 fully saturated rings. The van der Waals surface area contributed by atoms with E-state index >= 15 is 0 Å². The Labute approximate surface area is 117 Å². The van der Waals surface area contributed by atoms with Gasteiger partial charge in [0.05, 0.1) is 11.3 Å². The van der Waals surface area contributed by atoms with Crippen LogP contribution in [0.2, 0.25) is 5.02 Å². The lowest BCUT2D eigenvalue weighted by Crippen LogP contribution is -2.32. The minimum atomic E-state index is -4.70. The second kappa shape index (κ2) is 5.49. The Morgan fingerprint density at radius 2 is 1.90 bits per heavy atom. The molecule has 0 aromatic heterocycles. The minimum Gasteiger partial charge on any atom is -0.480 e. The number of sulfonamides is 1. The number of hydrogen-bond donors (Lipinski definition) is 2. The zero-order valence-electron chi connectivity index (χ0n) is 9.90. The molecule has 1 aromatic rings. The molecule has 0 saturated heterocycles. The van der Waals surface area contributed by atoms with Crippen molar-refractivity contribution >= 4 is 33.3 Å². The topological polar surface area (TPSA) is 83.5 Å². The monoisotopic (exact) mass is 331 g/mol. The average molecular weight is 332 g/mol. The van der Waals surface area contributed by atoms with E-state index in [1.807, 2.05) is 0 Å². The third kappa shape index (κ3) is 4.01. The van der Waals surface area contributed by atoms with Gasteiger partial charge in [0.25, 0.3) is 0 Å². The smallest absolute Gasteiger partial charge is 0.416 e. The van der Waals surface area contributed by atoms with Crippen LogP contribution in [0.25, 0.3) is 0 Å². The number of hydrogen-bond acceptors (Lipinski definition) is 3. The summed E-state index contributed by atoms with van der Waals surface area (Å²) in [6, 6.07) is 2.10. The van der Waals surface area contributed by atoms with Crippen LogP contribution in [0.3, 0.4) is 0 Å². The van der Waals surface area contributed by atoms with Crippen molar-refractivity contribution in [1.29, 1.82) is 0 Å². The Morgan fingerprint density at radius 1 is 1.35 bits per heavy atom. The highest BCUT2D eigenvalue weighted by Gasteiger charge is 2.32. The quantitative estimate of drug-likeness (QED) is 0.888.